The Labute approximate surface area is 117 Å². The number of hydrogen-bond donors (Lipinski definition) is 1. The van der Waals surface area contributed by atoms with E-state index in [1.165, 1.54) is 6.92 Å². The van der Waals surface area contributed by atoms with Gasteiger partial charge in [0.05, 0.1) is 4.90 Å². The van der Waals surface area contributed by atoms with Gasteiger partial charge in [-0.1, -0.05) is 6.07 Å². The normalized spacial score (nSPS) is 12.7. The average Bonchev–Trinajstić information content (AvgIpc) is 2.29. The highest BCUT2D eigenvalue weighted by atomic mass is 32.2. The van der Waals surface area contributed by atoms with Gasteiger partial charge in [-0.25, -0.2) is 12.8 Å². The Morgan fingerprint density at radius 1 is 1.33 bits per heavy atom. The summed E-state index contributed by atoms with van der Waals surface area (Å²) in [5, 5.41) is 8.54. The van der Waals surface area contributed by atoms with Gasteiger partial charge in [0.2, 0.25) is 10.0 Å². The summed E-state index contributed by atoms with van der Waals surface area (Å²) >= 11 is 0. The van der Waals surface area contributed by atoms with E-state index in [1.807, 2.05) is 0 Å². The Balaban J connectivity index is 3.25. The van der Waals surface area contributed by atoms with E-state index in [0.29, 0.717) is 6.07 Å². The van der Waals surface area contributed by atoms with Crippen molar-refractivity contribution in [3.05, 3.63) is 29.6 Å². The monoisotopic (exact) mass is 329 g/mol. The van der Waals surface area contributed by atoms with Crippen LogP contribution < -0.4 is 0 Å². The summed E-state index contributed by atoms with van der Waals surface area (Å²) in [6, 6.07) is 2.55. The van der Waals surface area contributed by atoms with Crippen LogP contribution in [0.2, 0.25) is 0 Å². The van der Waals surface area contributed by atoms with E-state index < -0.39 is 46.0 Å². The topological polar surface area (TPSA) is 74.7 Å². The van der Waals surface area contributed by atoms with Gasteiger partial charge in [-0.2, -0.15) is 17.5 Å². The zero-order valence-corrected chi connectivity index (χ0v) is 11.5. The lowest BCUT2D eigenvalue weighted by Crippen LogP contribution is -2.42. The molecule has 0 aliphatic rings. The molecule has 0 saturated heterocycles. The minimum absolute atomic E-state index is 0.106. The minimum atomic E-state index is -4.92. The zero-order valence-electron chi connectivity index (χ0n) is 10.7. The van der Waals surface area contributed by atoms with Crippen LogP contribution in [0.1, 0.15) is 5.56 Å². The lowest BCUT2D eigenvalue weighted by Gasteiger charge is -2.21. The van der Waals surface area contributed by atoms with Crippen LogP contribution in [-0.4, -0.2) is 43.1 Å². The summed E-state index contributed by atoms with van der Waals surface area (Å²) in [5.74, 6) is -2.67. The maximum atomic E-state index is 13.4. The molecule has 0 aromatic heterocycles. The minimum Gasteiger partial charge on any atom is -0.480 e. The van der Waals surface area contributed by atoms with Crippen LogP contribution in [0.15, 0.2) is 23.1 Å². The molecule has 0 aliphatic carbocycles. The van der Waals surface area contributed by atoms with Gasteiger partial charge in [-0.15, -0.1) is 0 Å². The summed E-state index contributed by atoms with van der Waals surface area (Å²) in [6.07, 6.45) is -4.92. The van der Waals surface area contributed by atoms with Crippen molar-refractivity contribution in [1.82, 2.24) is 4.31 Å². The van der Waals surface area contributed by atoms with Crippen molar-refractivity contribution in [3.63, 3.8) is 0 Å². The van der Waals surface area contributed by atoms with E-state index in [1.54, 1.807) is 0 Å². The summed E-state index contributed by atoms with van der Waals surface area (Å²) in [4.78, 5) is 9.81. The van der Waals surface area contributed by atoms with Gasteiger partial charge in [0.15, 0.2) is 0 Å². The molecule has 0 saturated carbocycles. The van der Waals surface area contributed by atoms with Crippen LogP contribution in [0.3, 0.4) is 0 Å². The highest BCUT2D eigenvalue weighted by Crippen LogP contribution is 2.23. The molecule has 0 bridgehead atoms. The molecule has 0 aliphatic heterocycles. The van der Waals surface area contributed by atoms with Crippen molar-refractivity contribution >= 4 is 16.0 Å². The van der Waals surface area contributed by atoms with Crippen molar-refractivity contribution in [1.29, 1.82) is 0 Å². The number of rotatable bonds is 5. The van der Waals surface area contributed by atoms with Gasteiger partial charge < -0.3 is 5.11 Å². The maximum absolute atomic E-state index is 13.4. The van der Waals surface area contributed by atoms with Gasteiger partial charge in [0.25, 0.3) is 0 Å². The SMILES string of the molecule is Cc1ccc(S(=O)(=O)N(CC(=O)O)CC(F)(F)F)cc1F. The second kappa shape index (κ2) is 5.98. The molecule has 0 radical (unpaired) electrons. The molecule has 0 spiro atoms. The van der Waals surface area contributed by atoms with Crippen LogP contribution in [-0.2, 0) is 14.8 Å². The van der Waals surface area contributed by atoms with Crippen LogP contribution in [0.4, 0.5) is 17.6 Å². The number of sulfonamides is 1. The molecule has 21 heavy (non-hydrogen) atoms. The first kappa shape index (κ1) is 17.4. The summed E-state index contributed by atoms with van der Waals surface area (Å²) in [6.45, 7) is -2.01. The summed E-state index contributed by atoms with van der Waals surface area (Å²) < 4.78 is 74.2. The maximum Gasteiger partial charge on any atom is 0.402 e. The largest absolute Gasteiger partial charge is 0.480 e. The third-order valence-electron chi connectivity index (χ3n) is 2.45. The molecule has 118 valence electrons. The van der Waals surface area contributed by atoms with E-state index in [4.69, 9.17) is 5.11 Å². The van der Waals surface area contributed by atoms with Crippen LogP contribution >= 0.6 is 0 Å². The molecule has 0 heterocycles. The second-order valence-corrected chi connectivity index (χ2v) is 6.13. The smallest absolute Gasteiger partial charge is 0.402 e. The molecule has 0 atom stereocenters. The molecule has 0 amide bonds. The number of halogens is 4. The second-order valence-electron chi connectivity index (χ2n) is 4.19. The molecule has 10 heteroatoms. The number of benzene rings is 1. The highest BCUT2D eigenvalue weighted by molar-refractivity contribution is 7.89. The van der Waals surface area contributed by atoms with Gasteiger partial charge >= 0.3 is 12.1 Å². The summed E-state index contributed by atoms with van der Waals surface area (Å²) in [7, 11) is -4.78. The third kappa shape index (κ3) is 4.67. The molecular weight excluding hydrogens is 318 g/mol. The number of carbonyl (C=O) groups is 1. The summed E-state index contributed by atoms with van der Waals surface area (Å²) in [5.41, 5.74) is 0.106. The van der Waals surface area contributed by atoms with Crippen molar-refractivity contribution in [3.8, 4) is 0 Å². The van der Waals surface area contributed by atoms with Crippen LogP contribution in [0.25, 0.3) is 0 Å². The van der Waals surface area contributed by atoms with E-state index in [9.17, 15) is 30.8 Å². The Hall–Kier alpha value is -1.68. The first-order chi connectivity index (χ1) is 9.43. The van der Waals surface area contributed by atoms with Crippen LogP contribution in [0.5, 0.6) is 0 Å². The number of aryl methyl sites for hydroxylation is 1. The fraction of sp³-hybridized carbons (Fsp3) is 0.364. The lowest BCUT2D eigenvalue weighted by molar-refractivity contribution is -0.146. The highest BCUT2D eigenvalue weighted by Gasteiger charge is 2.38. The predicted octanol–water partition coefficient (Wildman–Crippen LogP) is 1.77. The van der Waals surface area contributed by atoms with Crippen molar-refractivity contribution in [2.75, 3.05) is 13.1 Å². The quantitative estimate of drug-likeness (QED) is 0.836. The van der Waals surface area contributed by atoms with Gasteiger partial charge in [0, 0.05) is 0 Å². The van der Waals surface area contributed by atoms with E-state index in [0.717, 1.165) is 12.1 Å². The van der Waals surface area contributed by atoms with Gasteiger partial charge in [-0.3, -0.25) is 4.79 Å². The molecule has 1 N–H and O–H groups in total. The van der Waals surface area contributed by atoms with Gasteiger partial charge in [-0.05, 0) is 24.6 Å². The Kier molecular flexibility index (Phi) is 4.95. The molecule has 1 aromatic rings. The first-order valence-electron chi connectivity index (χ1n) is 5.48. The molecule has 5 nitrogen and oxygen atoms in total. The fourth-order valence-electron chi connectivity index (χ4n) is 1.46. The molecule has 0 unspecified atom stereocenters. The first-order valence-corrected chi connectivity index (χ1v) is 6.92. The lowest BCUT2D eigenvalue weighted by atomic mass is 10.2. The number of alkyl halides is 3. The number of hydrogen-bond acceptors (Lipinski definition) is 3. The molecule has 0 fully saturated rings. The van der Waals surface area contributed by atoms with E-state index >= 15 is 0 Å². The number of carboxylic acid groups (broad SMARTS) is 1. The van der Waals surface area contributed by atoms with Crippen molar-refractivity contribution in [2.45, 2.75) is 18.0 Å². The zero-order chi connectivity index (χ0) is 16.4. The van der Waals surface area contributed by atoms with Crippen molar-refractivity contribution < 1.29 is 35.9 Å². The fourth-order valence-corrected chi connectivity index (χ4v) is 2.85. The standard InChI is InChI=1S/C11H11F4NO4S/c1-7-2-3-8(4-9(7)12)21(19,20)16(5-10(17)18)6-11(13,14)15/h2-4H,5-6H2,1H3,(H,17,18). The average molecular weight is 329 g/mol. The third-order valence-corrected chi connectivity index (χ3v) is 4.24. The Morgan fingerprint density at radius 2 is 1.90 bits per heavy atom. The number of carboxylic acids is 1. The van der Waals surface area contributed by atoms with Gasteiger partial charge in [0.1, 0.15) is 18.9 Å². The Morgan fingerprint density at radius 3 is 2.33 bits per heavy atom. The molecular formula is C11H11F4NO4S. The van der Waals surface area contributed by atoms with E-state index in [-0.39, 0.29) is 9.87 Å². The Bertz CT molecular complexity index is 642. The molecule has 1 rings (SSSR count). The molecule has 1 aromatic carbocycles. The van der Waals surface area contributed by atoms with Crippen molar-refractivity contribution in [2.24, 2.45) is 0 Å². The van der Waals surface area contributed by atoms with E-state index in [2.05, 4.69) is 0 Å². The van der Waals surface area contributed by atoms with Crippen LogP contribution in [0, 0.1) is 12.7 Å². The number of aliphatic carboxylic acids is 1. The number of nitrogens with zero attached hydrogens (tertiary/aromatic N) is 1. The predicted molar refractivity (Wildman–Crippen MR) is 63.6 cm³/mol.